The summed E-state index contributed by atoms with van der Waals surface area (Å²) in [5.74, 6) is 1.56. The average Bonchev–Trinajstić information content (AvgIpc) is 2.65. The van der Waals surface area contributed by atoms with E-state index in [-0.39, 0.29) is 18.2 Å². The molecule has 0 atom stereocenters. The van der Waals surface area contributed by atoms with Crippen LogP contribution in [0.3, 0.4) is 0 Å². The molecule has 2 N–H and O–H groups in total. The van der Waals surface area contributed by atoms with Crippen molar-refractivity contribution in [3.05, 3.63) is 59.2 Å². The van der Waals surface area contributed by atoms with Gasteiger partial charge in [-0.2, -0.15) is 0 Å². The van der Waals surface area contributed by atoms with Crippen LogP contribution in [0.25, 0.3) is 5.57 Å². The second kappa shape index (κ2) is 7.97. The fourth-order valence-corrected chi connectivity index (χ4v) is 4.10. The van der Waals surface area contributed by atoms with Gasteiger partial charge in [-0.05, 0) is 73.1 Å². The Bertz CT molecular complexity index is 759. The Hall–Kier alpha value is -1.62. The zero-order valence-electron chi connectivity index (χ0n) is 13.8. The molecule has 1 aliphatic rings. The summed E-state index contributed by atoms with van der Waals surface area (Å²) in [5, 5.41) is 19.7. The fourth-order valence-electron chi connectivity index (χ4n) is 3.00. The van der Waals surface area contributed by atoms with Crippen LogP contribution < -0.4 is 0 Å². The van der Waals surface area contributed by atoms with Crippen molar-refractivity contribution in [2.45, 2.75) is 11.3 Å². The lowest BCUT2D eigenvalue weighted by Gasteiger charge is -2.19. The van der Waals surface area contributed by atoms with Crippen LogP contribution in [0.2, 0.25) is 0 Å². The van der Waals surface area contributed by atoms with Crippen molar-refractivity contribution < 1.29 is 10.2 Å². The predicted octanol–water partition coefficient (Wildman–Crippen LogP) is 4.38. The Labute approximate surface area is 153 Å². The Morgan fingerprint density at radius 2 is 1.79 bits per heavy atom. The monoisotopic (exact) mass is 363 g/mol. The first-order chi connectivity index (χ1) is 11.0. The minimum atomic E-state index is 0. The summed E-state index contributed by atoms with van der Waals surface area (Å²) < 4.78 is 0. The van der Waals surface area contributed by atoms with E-state index in [1.165, 1.54) is 11.1 Å². The third-order valence-electron chi connectivity index (χ3n) is 3.89. The van der Waals surface area contributed by atoms with Crippen LogP contribution in [0.15, 0.2) is 52.9 Å². The number of likely N-dealkylation sites (N-methyl/N-ethyl adjacent to an activating group) is 1. The van der Waals surface area contributed by atoms with Gasteiger partial charge in [-0.25, -0.2) is 0 Å². The molecule has 0 unspecified atom stereocenters. The number of hydrogen-bond donors (Lipinski definition) is 2. The van der Waals surface area contributed by atoms with Crippen molar-refractivity contribution in [3.8, 4) is 11.5 Å². The van der Waals surface area contributed by atoms with Crippen molar-refractivity contribution >= 4 is 29.7 Å². The Morgan fingerprint density at radius 1 is 1.04 bits per heavy atom. The third kappa shape index (κ3) is 4.07. The van der Waals surface area contributed by atoms with E-state index in [4.69, 9.17) is 0 Å². The van der Waals surface area contributed by atoms with Gasteiger partial charge in [0.05, 0.1) is 0 Å². The third-order valence-corrected chi connectivity index (χ3v) is 4.95. The first kappa shape index (κ1) is 18.7. The van der Waals surface area contributed by atoms with E-state index in [1.807, 2.05) is 30.3 Å². The molecule has 0 spiro atoms. The molecule has 128 valence electrons. The van der Waals surface area contributed by atoms with E-state index in [9.17, 15) is 10.2 Å². The van der Waals surface area contributed by atoms with Gasteiger partial charge in [0.1, 0.15) is 11.5 Å². The van der Waals surface area contributed by atoms with Gasteiger partial charge >= 0.3 is 0 Å². The summed E-state index contributed by atoms with van der Waals surface area (Å²) in [6, 6.07) is 13.0. The highest BCUT2D eigenvalue weighted by molar-refractivity contribution is 7.99. The van der Waals surface area contributed by atoms with Crippen LogP contribution in [-0.4, -0.2) is 41.5 Å². The number of halogens is 1. The zero-order valence-corrected chi connectivity index (χ0v) is 15.5. The maximum absolute atomic E-state index is 9.90. The lowest BCUT2D eigenvalue weighted by atomic mass is 9.91. The van der Waals surface area contributed by atoms with E-state index in [0.717, 1.165) is 34.7 Å². The maximum atomic E-state index is 9.90. The van der Waals surface area contributed by atoms with Crippen LogP contribution in [0.1, 0.15) is 17.5 Å². The molecule has 5 heteroatoms. The molecule has 0 fully saturated rings. The number of aromatic hydroxyl groups is 2. The molecule has 0 amide bonds. The van der Waals surface area contributed by atoms with Gasteiger partial charge in [0.2, 0.25) is 0 Å². The molecule has 24 heavy (non-hydrogen) atoms. The number of rotatable bonds is 3. The van der Waals surface area contributed by atoms with Crippen molar-refractivity contribution in [1.29, 1.82) is 0 Å². The van der Waals surface area contributed by atoms with Gasteiger partial charge in [-0.3, -0.25) is 0 Å². The largest absolute Gasteiger partial charge is 0.508 e. The van der Waals surface area contributed by atoms with Gasteiger partial charge < -0.3 is 15.1 Å². The Kier molecular flexibility index (Phi) is 6.21. The number of thioether (sulfide) groups is 1. The average molecular weight is 364 g/mol. The van der Waals surface area contributed by atoms with Gasteiger partial charge in [0.25, 0.3) is 0 Å². The molecule has 0 bridgehead atoms. The molecule has 0 radical (unpaired) electrons. The number of benzene rings is 2. The van der Waals surface area contributed by atoms with Crippen LogP contribution in [0, 0.1) is 0 Å². The number of fused-ring (bicyclic) bond motifs is 1. The summed E-state index contributed by atoms with van der Waals surface area (Å²) in [5.41, 5.74) is 4.69. The standard InChI is InChI=1S/C19H21NO2S.ClH/c1-20(2)12-14-8-9-23-18-11-16(22)6-7-17(18)19(14)13-4-3-5-15(21)10-13;/h3-7,10-11,21-22H,8-9,12H2,1-2H3;1H. The van der Waals surface area contributed by atoms with Gasteiger partial charge in [-0.15, -0.1) is 24.2 Å². The smallest absolute Gasteiger partial charge is 0.116 e. The van der Waals surface area contributed by atoms with E-state index in [1.54, 1.807) is 23.9 Å². The molecule has 2 aromatic rings. The molecule has 1 heterocycles. The number of phenolic OH excluding ortho intramolecular Hbond substituents is 2. The number of hydrogen-bond acceptors (Lipinski definition) is 4. The Morgan fingerprint density at radius 3 is 2.50 bits per heavy atom. The molecule has 0 saturated carbocycles. The summed E-state index contributed by atoms with van der Waals surface area (Å²) in [7, 11) is 4.14. The molecule has 1 aliphatic heterocycles. The van der Waals surface area contributed by atoms with Crippen molar-refractivity contribution in [2.24, 2.45) is 0 Å². The molecule has 3 rings (SSSR count). The fraction of sp³-hybridized carbons (Fsp3) is 0.263. The lowest BCUT2D eigenvalue weighted by molar-refractivity contribution is 0.442. The van der Waals surface area contributed by atoms with Gasteiger partial charge in [-0.1, -0.05) is 12.1 Å². The highest BCUT2D eigenvalue weighted by Crippen LogP contribution is 2.41. The SMILES string of the molecule is CN(C)CC1=C(c2cccc(O)c2)c2ccc(O)cc2SCC1.Cl. The summed E-state index contributed by atoms with van der Waals surface area (Å²) in [6.45, 7) is 0.881. The first-order valence-corrected chi connectivity index (χ1v) is 8.65. The number of phenols is 2. The molecule has 0 aliphatic carbocycles. The highest BCUT2D eigenvalue weighted by Gasteiger charge is 2.20. The van der Waals surface area contributed by atoms with Gasteiger partial charge in [0, 0.05) is 17.2 Å². The summed E-state index contributed by atoms with van der Waals surface area (Å²) in [6.07, 6.45) is 0.989. The van der Waals surface area contributed by atoms with Crippen LogP contribution in [-0.2, 0) is 0 Å². The van der Waals surface area contributed by atoms with Crippen molar-refractivity contribution in [3.63, 3.8) is 0 Å². The maximum Gasteiger partial charge on any atom is 0.116 e. The summed E-state index contributed by atoms with van der Waals surface area (Å²) in [4.78, 5) is 3.27. The molecule has 0 saturated heterocycles. The second-order valence-electron chi connectivity index (χ2n) is 6.05. The minimum absolute atomic E-state index is 0. The number of nitrogens with zero attached hydrogens (tertiary/aromatic N) is 1. The van der Waals surface area contributed by atoms with Crippen molar-refractivity contribution in [1.82, 2.24) is 4.90 Å². The minimum Gasteiger partial charge on any atom is -0.508 e. The second-order valence-corrected chi connectivity index (χ2v) is 7.18. The first-order valence-electron chi connectivity index (χ1n) is 7.67. The topological polar surface area (TPSA) is 43.7 Å². The van der Waals surface area contributed by atoms with Gasteiger partial charge in [0.15, 0.2) is 0 Å². The Balaban J connectivity index is 0.00000208. The predicted molar refractivity (Wildman–Crippen MR) is 103 cm³/mol. The highest BCUT2D eigenvalue weighted by atomic mass is 35.5. The van der Waals surface area contributed by atoms with Crippen LogP contribution >= 0.6 is 24.2 Å². The normalized spacial score (nSPS) is 14.1. The summed E-state index contributed by atoms with van der Waals surface area (Å²) >= 11 is 1.77. The molecule has 3 nitrogen and oxygen atoms in total. The zero-order chi connectivity index (χ0) is 16.4. The molecule has 2 aromatic carbocycles. The van der Waals surface area contributed by atoms with E-state index >= 15 is 0 Å². The molecule has 0 aromatic heterocycles. The lowest BCUT2D eigenvalue weighted by Crippen LogP contribution is -2.16. The quantitative estimate of drug-likeness (QED) is 0.849. The van der Waals surface area contributed by atoms with Crippen molar-refractivity contribution in [2.75, 3.05) is 26.4 Å². The van der Waals surface area contributed by atoms with Crippen LogP contribution in [0.5, 0.6) is 11.5 Å². The van der Waals surface area contributed by atoms with E-state index in [2.05, 4.69) is 19.0 Å². The van der Waals surface area contributed by atoms with E-state index < -0.39 is 0 Å². The molecular formula is C19H22ClNO2S. The molecular weight excluding hydrogens is 342 g/mol. The van der Waals surface area contributed by atoms with Crippen LogP contribution in [0.4, 0.5) is 0 Å². The van der Waals surface area contributed by atoms with E-state index in [0.29, 0.717) is 5.75 Å².